The molecule has 140 valence electrons. The second kappa shape index (κ2) is 6.52. The van der Waals surface area contributed by atoms with Crippen LogP contribution < -0.4 is 9.47 Å². The van der Waals surface area contributed by atoms with E-state index >= 15 is 0 Å². The summed E-state index contributed by atoms with van der Waals surface area (Å²) in [5.41, 5.74) is 6.32. The number of para-hydroxylation sites is 2. The molecule has 2 heteroatoms. The van der Waals surface area contributed by atoms with Crippen LogP contribution in [-0.2, 0) is 6.42 Å². The van der Waals surface area contributed by atoms with Gasteiger partial charge in [-0.2, -0.15) is 0 Å². The van der Waals surface area contributed by atoms with Crippen molar-refractivity contribution >= 4 is 16.8 Å². The summed E-state index contributed by atoms with van der Waals surface area (Å²) in [4.78, 5) is 0. The van der Waals surface area contributed by atoms with Crippen LogP contribution in [0.15, 0.2) is 84.9 Å². The Morgan fingerprint density at radius 1 is 0.690 bits per heavy atom. The lowest BCUT2D eigenvalue weighted by Gasteiger charge is -2.14. The molecule has 0 fully saturated rings. The molecular weight excluding hydrogens is 356 g/mol. The summed E-state index contributed by atoms with van der Waals surface area (Å²) in [5.74, 6) is 1.60. The molecule has 4 aromatic carbocycles. The average Bonchev–Trinajstić information content (AvgIpc) is 3.22. The van der Waals surface area contributed by atoms with E-state index in [1.165, 1.54) is 33.0 Å². The van der Waals surface area contributed by atoms with Crippen molar-refractivity contribution in [3.8, 4) is 22.6 Å². The van der Waals surface area contributed by atoms with E-state index in [2.05, 4.69) is 66.7 Å². The second-order valence-corrected chi connectivity index (χ2v) is 7.69. The first-order chi connectivity index (χ1) is 14.3. The van der Waals surface area contributed by atoms with E-state index in [9.17, 15) is 0 Å². The molecule has 0 amide bonds. The third-order valence-electron chi connectivity index (χ3n) is 5.81. The van der Waals surface area contributed by atoms with Crippen molar-refractivity contribution in [3.63, 3.8) is 0 Å². The van der Waals surface area contributed by atoms with E-state index in [1.54, 1.807) is 0 Å². The minimum atomic E-state index is -0.385. The third-order valence-corrected chi connectivity index (χ3v) is 5.81. The largest absolute Gasteiger partial charge is 0.447 e. The van der Waals surface area contributed by atoms with E-state index in [4.69, 9.17) is 9.47 Å². The van der Waals surface area contributed by atoms with E-state index in [-0.39, 0.29) is 6.29 Å². The first-order valence-corrected chi connectivity index (χ1v) is 10.1. The highest BCUT2D eigenvalue weighted by Gasteiger charge is 2.25. The zero-order valence-corrected chi connectivity index (χ0v) is 16.0. The molecule has 0 spiro atoms. The van der Waals surface area contributed by atoms with Crippen LogP contribution in [0, 0.1) is 0 Å². The predicted octanol–water partition coefficient (Wildman–Crippen LogP) is 6.94. The van der Waals surface area contributed by atoms with Crippen LogP contribution in [0.4, 0.5) is 0 Å². The van der Waals surface area contributed by atoms with Crippen LogP contribution in [0.3, 0.4) is 0 Å². The number of fused-ring (bicyclic) bond motifs is 3. The Balaban J connectivity index is 1.33. The van der Waals surface area contributed by atoms with Gasteiger partial charge >= 0.3 is 0 Å². The zero-order valence-electron chi connectivity index (χ0n) is 16.0. The van der Waals surface area contributed by atoms with Gasteiger partial charge in [-0.05, 0) is 76.2 Å². The number of hydrogen-bond acceptors (Lipinski definition) is 2. The lowest BCUT2D eigenvalue weighted by atomic mass is 9.92. The number of hydrogen-bond donors (Lipinski definition) is 0. The van der Waals surface area contributed by atoms with Crippen molar-refractivity contribution in [3.05, 3.63) is 102 Å². The molecule has 0 N–H and O–H groups in total. The predicted molar refractivity (Wildman–Crippen MR) is 117 cm³/mol. The van der Waals surface area contributed by atoms with E-state index in [0.29, 0.717) is 0 Å². The van der Waals surface area contributed by atoms with Crippen molar-refractivity contribution in [1.82, 2.24) is 0 Å². The third kappa shape index (κ3) is 2.89. The minimum absolute atomic E-state index is 0.385. The Labute approximate surface area is 170 Å². The maximum Gasteiger partial charge on any atom is 0.267 e. The highest BCUT2D eigenvalue weighted by Crippen LogP contribution is 2.40. The maximum absolute atomic E-state index is 5.96. The Bertz CT molecular complexity index is 1240. The first kappa shape index (κ1) is 16.4. The van der Waals surface area contributed by atoms with Gasteiger partial charge in [0.25, 0.3) is 6.29 Å². The molecule has 6 rings (SSSR count). The highest BCUT2D eigenvalue weighted by atomic mass is 16.7. The Morgan fingerprint density at radius 2 is 1.41 bits per heavy atom. The van der Waals surface area contributed by atoms with Gasteiger partial charge in [0.2, 0.25) is 0 Å². The van der Waals surface area contributed by atoms with Crippen LogP contribution in [0.25, 0.3) is 28.0 Å². The van der Waals surface area contributed by atoms with Gasteiger partial charge in [0, 0.05) is 5.56 Å². The number of benzene rings is 4. The molecule has 4 aromatic rings. The second-order valence-electron chi connectivity index (χ2n) is 7.69. The fourth-order valence-corrected chi connectivity index (χ4v) is 4.23. The van der Waals surface area contributed by atoms with E-state index in [0.717, 1.165) is 29.9 Å². The Hall–Kier alpha value is -3.52. The molecule has 0 aromatic heterocycles. The van der Waals surface area contributed by atoms with Gasteiger partial charge in [0.05, 0.1) is 0 Å². The summed E-state index contributed by atoms with van der Waals surface area (Å²) in [6.45, 7) is 0. The smallest absolute Gasteiger partial charge is 0.267 e. The van der Waals surface area contributed by atoms with Gasteiger partial charge in [-0.25, -0.2) is 0 Å². The average molecular weight is 376 g/mol. The van der Waals surface area contributed by atoms with Gasteiger partial charge in [0.15, 0.2) is 11.5 Å². The first-order valence-electron chi connectivity index (χ1n) is 10.1. The molecule has 0 unspecified atom stereocenters. The van der Waals surface area contributed by atoms with Gasteiger partial charge in [-0.1, -0.05) is 60.7 Å². The maximum atomic E-state index is 5.96. The van der Waals surface area contributed by atoms with Gasteiger partial charge in [-0.15, -0.1) is 0 Å². The quantitative estimate of drug-likeness (QED) is 0.377. The lowest BCUT2D eigenvalue weighted by molar-refractivity contribution is 0.0488. The molecular formula is C27H20O2. The summed E-state index contributed by atoms with van der Waals surface area (Å²) in [6, 6.07) is 27.7. The SMILES string of the molecule is C1=Cc2cc(-c3ccc4cc(C5Oc6ccccc6O5)ccc4c3)ccc2CC1. The van der Waals surface area contributed by atoms with Crippen molar-refractivity contribution in [2.45, 2.75) is 19.1 Å². The molecule has 1 aliphatic carbocycles. The summed E-state index contributed by atoms with van der Waals surface area (Å²) in [6.07, 6.45) is 6.41. The Kier molecular flexibility index (Phi) is 3.70. The monoisotopic (exact) mass is 376 g/mol. The molecule has 2 nitrogen and oxygen atoms in total. The molecule has 0 saturated carbocycles. The summed E-state index contributed by atoms with van der Waals surface area (Å²) in [7, 11) is 0. The van der Waals surface area contributed by atoms with E-state index < -0.39 is 0 Å². The van der Waals surface area contributed by atoms with Crippen LogP contribution >= 0.6 is 0 Å². The molecule has 1 aliphatic heterocycles. The minimum Gasteiger partial charge on any atom is -0.447 e. The number of rotatable bonds is 2. The molecule has 1 heterocycles. The standard InChI is InChI=1S/C27H20O2/c1-2-6-19-15-20(10-9-18(19)5-1)21-11-12-23-17-24(14-13-22(23)16-21)27-28-25-7-3-4-8-26(25)29-27/h2-4,6-17,27H,1,5H2. The van der Waals surface area contributed by atoms with Crippen LogP contribution in [0.5, 0.6) is 11.5 Å². The summed E-state index contributed by atoms with van der Waals surface area (Å²) >= 11 is 0. The van der Waals surface area contributed by atoms with Crippen molar-refractivity contribution < 1.29 is 9.47 Å². The molecule has 0 radical (unpaired) electrons. The summed E-state index contributed by atoms with van der Waals surface area (Å²) in [5, 5.41) is 2.40. The van der Waals surface area contributed by atoms with Crippen molar-refractivity contribution in [1.29, 1.82) is 0 Å². The van der Waals surface area contributed by atoms with Gasteiger partial charge < -0.3 is 9.47 Å². The van der Waals surface area contributed by atoms with Gasteiger partial charge in [0.1, 0.15) is 0 Å². The zero-order chi connectivity index (χ0) is 19.2. The topological polar surface area (TPSA) is 18.5 Å². The fraction of sp³-hybridized carbons (Fsp3) is 0.111. The highest BCUT2D eigenvalue weighted by molar-refractivity contribution is 5.88. The van der Waals surface area contributed by atoms with E-state index in [1.807, 2.05) is 24.3 Å². The fourth-order valence-electron chi connectivity index (χ4n) is 4.23. The van der Waals surface area contributed by atoms with Crippen LogP contribution in [0.2, 0.25) is 0 Å². The molecule has 0 saturated heterocycles. The van der Waals surface area contributed by atoms with Crippen LogP contribution in [0.1, 0.15) is 29.4 Å². The number of aryl methyl sites for hydroxylation is 1. The number of ether oxygens (including phenoxy) is 2. The number of allylic oxidation sites excluding steroid dienone is 1. The lowest BCUT2D eigenvalue weighted by Crippen LogP contribution is -2.07. The Morgan fingerprint density at radius 3 is 2.28 bits per heavy atom. The normalized spacial score (nSPS) is 14.9. The molecule has 29 heavy (non-hydrogen) atoms. The molecule has 0 bridgehead atoms. The van der Waals surface area contributed by atoms with Gasteiger partial charge in [-0.3, -0.25) is 0 Å². The van der Waals surface area contributed by atoms with Crippen molar-refractivity contribution in [2.75, 3.05) is 0 Å². The van der Waals surface area contributed by atoms with Crippen LogP contribution in [-0.4, -0.2) is 0 Å². The van der Waals surface area contributed by atoms with Crippen molar-refractivity contribution in [2.24, 2.45) is 0 Å². The summed E-state index contributed by atoms with van der Waals surface area (Å²) < 4.78 is 11.9. The molecule has 2 aliphatic rings. The molecule has 0 atom stereocenters.